The first-order chi connectivity index (χ1) is 10.2. The van der Waals surface area contributed by atoms with Gasteiger partial charge in [-0.1, -0.05) is 18.2 Å². The van der Waals surface area contributed by atoms with E-state index in [-0.39, 0.29) is 5.82 Å². The summed E-state index contributed by atoms with van der Waals surface area (Å²) in [6.45, 7) is 11.0. The van der Waals surface area contributed by atoms with Gasteiger partial charge in [0, 0.05) is 33.4 Å². The maximum atomic E-state index is 14.0. The van der Waals surface area contributed by atoms with Crippen LogP contribution >= 0.6 is 0 Å². The van der Waals surface area contributed by atoms with Gasteiger partial charge >= 0.3 is 0 Å². The number of methoxy groups -OCH3 is 1. The molecule has 116 valence electrons. The van der Waals surface area contributed by atoms with E-state index >= 15 is 0 Å². The third kappa shape index (κ3) is 6.10. The maximum absolute atomic E-state index is 14.0. The molecule has 1 N–H and O–H groups in total. The van der Waals surface area contributed by atoms with E-state index in [1.54, 1.807) is 19.3 Å². The van der Waals surface area contributed by atoms with E-state index in [1.807, 2.05) is 17.0 Å². The molecule has 0 saturated carbocycles. The molecule has 0 heterocycles. The number of nitrogens with one attached hydrogen (secondary N) is 1. The molecule has 0 radical (unpaired) electrons. The number of rotatable bonds is 11. The van der Waals surface area contributed by atoms with Gasteiger partial charge in [-0.3, -0.25) is 0 Å². The summed E-state index contributed by atoms with van der Waals surface area (Å²) in [4.78, 5) is 1.91. The molecule has 0 atom stereocenters. The molecule has 1 aromatic rings. The van der Waals surface area contributed by atoms with E-state index in [4.69, 9.17) is 4.74 Å². The van der Waals surface area contributed by atoms with E-state index in [2.05, 4.69) is 18.5 Å². The number of anilines is 1. The molecule has 0 unspecified atom stereocenters. The van der Waals surface area contributed by atoms with Gasteiger partial charge in [0.15, 0.2) is 0 Å². The minimum atomic E-state index is -0.221. The summed E-state index contributed by atoms with van der Waals surface area (Å²) in [6, 6.07) is 5.20. The van der Waals surface area contributed by atoms with Crippen molar-refractivity contribution in [2.45, 2.75) is 13.0 Å². The van der Waals surface area contributed by atoms with Crippen molar-refractivity contribution in [3.8, 4) is 0 Å². The fraction of sp³-hybridized carbons (Fsp3) is 0.412. The Morgan fingerprint density at radius 2 is 2.00 bits per heavy atom. The minimum Gasteiger partial charge on any atom is -0.385 e. The van der Waals surface area contributed by atoms with Gasteiger partial charge < -0.3 is 15.0 Å². The van der Waals surface area contributed by atoms with Crippen molar-refractivity contribution in [3.05, 3.63) is 54.9 Å². The monoisotopic (exact) mass is 292 g/mol. The molecule has 0 fully saturated rings. The Morgan fingerprint density at radius 1 is 1.29 bits per heavy atom. The van der Waals surface area contributed by atoms with Crippen LogP contribution in [0.15, 0.2) is 43.5 Å². The first kappa shape index (κ1) is 17.4. The molecule has 0 aliphatic heterocycles. The number of benzene rings is 1. The van der Waals surface area contributed by atoms with Gasteiger partial charge in [0.1, 0.15) is 5.82 Å². The highest BCUT2D eigenvalue weighted by Crippen LogP contribution is 2.21. The van der Waals surface area contributed by atoms with Crippen molar-refractivity contribution in [1.29, 1.82) is 0 Å². The third-order valence-electron chi connectivity index (χ3n) is 3.08. The topological polar surface area (TPSA) is 24.5 Å². The zero-order valence-corrected chi connectivity index (χ0v) is 12.8. The molecule has 0 saturated heterocycles. The number of halogens is 1. The predicted molar refractivity (Wildman–Crippen MR) is 87.2 cm³/mol. The van der Waals surface area contributed by atoms with Crippen molar-refractivity contribution in [2.75, 3.05) is 38.3 Å². The van der Waals surface area contributed by atoms with Crippen LogP contribution in [-0.4, -0.2) is 33.4 Å². The van der Waals surface area contributed by atoms with E-state index in [9.17, 15) is 4.39 Å². The lowest BCUT2D eigenvalue weighted by atomic mass is 10.1. The molecular weight excluding hydrogens is 267 g/mol. The zero-order valence-electron chi connectivity index (χ0n) is 12.8. The van der Waals surface area contributed by atoms with Gasteiger partial charge in [-0.2, -0.15) is 0 Å². The van der Waals surface area contributed by atoms with E-state index in [0.717, 1.165) is 25.1 Å². The third-order valence-corrected chi connectivity index (χ3v) is 3.08. The van der Waals surface area contributed by atoms with Crippen LogP contribution < -0.4 is 10.2 Å². The smallest absolute Gasteiger partial charge is 0.146 e. The number of hydrogen-bond acceptors (Lipinski definition) is 3. The second-order valence-electron chi connectivity index (χ2n) is 4.79. The lowest BCUT2D eigenvalue weighted by Gasteiger charge is -2.23. The summed E-state index contributed by atoms with van der Waals surface area (Å²) in [5.41, 5.74) is 1.65. The van der Waals surface area contributed by atoms with Crippen molar-refractivity contribution >= 4 is 5.69 Å². The lowest BCUT2D eigenvalue weighted by Crippen LogP contribution is -2.24. The Hall–Kier alpha value is -1.65. The second-order valence-corrected chi connectivity index (χ2v) is 4.79. The lowest BCUT2D eigenvalue weighted by molar-refractivity contribution is 0.194. The van der Waals surface area contributed by atoms with Crippen molar-refractivity contribution in [1.82, 2.24) is 5.32 Å². The largest absolute Gasteiger partial charge is 0.385 e. The Morgan fingerprint density at radius 3 is 2.62 bits per heavy atom. The van der Waals surface area contributed by atoms with Crippen molar-refractivity contribution in [3.63, 3.8) is 0 Å². The molecule has 21 heavy (non-hydrogen) atoms. The van der Waals surface area contributed by atoms with Gasteiger partial charge in [-0.05, 0) is 30.7 Å². The normalized spacial score (nSPS) is 10.4. The second kappa shape index (κ2) is 10.1. The van der Waals surface area contributed by atoms with Gasteiger partial charge in [-0.15, -0.1) is 13.2 Å². The van der Waals surface area contributed by atoms with E-state index < -0.39 is 0 Å². The highest BCUT2D eigenvalue weighted by molar-refractivity contribution is 5.51. The molecule has 1 rings (SSSR count). The summed E-state index contributed by atoms with van der Waals surface area (Å²) in [5, 5.41) is 3.32. The Balaban J connectivity index is 2.69. The molecule has 0 aliphatic carbocycles. The highest BCUT2D eigenvalue weighted by atomic mass is 19.1. The fourth-order valence-electron chi connectivity index (χ4n) is 2.07. The van der Waals surface area contributed by atoms with E-state index in [1.165, 1.54) is 6.07 Å². The summed E-state index contributed by atoms with van der Waals surface area (Å²) >= 11 is 0. The minimum absolute atomic E-state index is 0.221. The van der Waals surface area contributed by atoms with Gasteiger partial charge in [0.2, 0.25) is 0 Å². The summed E-state index contributed by atoms with van der Waals surface area (Å²) < 4.78 is 19.0. The molecular formula is C17H25FN2O. The molecule has 0 spiro atoms. The Labute approximate surface area is 127 Å². The van der Waals surface area contributed by atoms with Gasteiger partial charge in [0.25, 0.3) is 0 Å². The average molecular weight is 292 g/mol. The Kier molecular flexibility index (Phi) is 8.40. The van der Waals surface area contributed by atoms with Crippen LogP contribution in [0.5, 0.6) is 0 Å². The average Bonchev–Trinajstić information content (AvgIpc) is 2.48. The number of ether oxygens (including phenoxy) is 1. The Bertz CT molecular complexity index is 438. The summed E-state index contributed by atoms with van der Waals surface area (Å²) in [7, 11) is 1.69. The molecule has 0 aliphatic rings. The van der Waals surface area contributed by atoms with Crippen LogP contribution in [-0.2, 0) is 11.3 Å². The number of nitrogens with zero attached hydrogens (tertiary/aromatic N) is 1. The van der Waals surface area contributed by atoms with Crippen molar-refractivity contribution in [2.24, 2.45) is 0 Å². The predicted octanol–water partition coefficient (Wildman–Crippen LogP) is 3.13. The molecule has 0 bridgehead atoms. The summed E-state index contributed by atoms with van der Waals surface area (Å²) in [6.07, 6.45) is 4.49. The molecule has 1 aromatic carbocycles. The number of hydrogen-bond donors (Lipinski definition) is 1. The van der Waals surface area contributed by atoms with Gasteiger partial charge in [0.05, 0.1) is 5.69 Å². The van der Waals surface area contributed by atoms with Crippen LogP contribution in [0.4, 0.5) is 10.1 Å². The van der Waals surface area contributed by atoms with Crippen molar-refractivity contribution < 1.29 is 9.13 Å². The zero-order chi connectivity index (χ0) is 15.5. The van der Waals surface area contributed by atoms with Crippen LogP contribution in [0.1, 0.15) is 12.0 Å². The maximum Gasteiger partial charge on any atom is 0.146 e. The van der Waals surface area contributed by atoms with E-state index in [0.29, 0.717) is 25.3 Å². The fourth-order valence-corrected chi connectivity index (χ4v) is 2.07. The quantitative estimate of drug-likeness (QED) is 0.501. The first-order valence-corrected chi connectivity index (χ1v) is 7.17. The summed E-state index contributed by atoms with van der Waals surface area (Å²) in [5.74, 6) is -0.221. The van der Waals surface area contributed by atoms with Crippen LogP contribution in [0, 0.1) is 5.82 Å². The van der Waals surface area contributed by atoms with Crippen LogP contribution in [0.25, 0.3) is 0 Å². The standard InChI is InChI=1S/C17H25FN2O/c1-4-10-20(11-5-2)17-13-15(7-8-16(17)18)14-19-9-6-12-21-3/h4-5,7-8,13,19H,1-2,6,9-12,14H2,3H3. The molecule has 4 heteroatoms. The highest BCUT2D eigenvalue weighted by Gasteiger charge is 2.10. The molecule has 3 nitrogen and oxygen atoms in total. The molecule has 0 amide bonds. The van der Waals surface area contributed by atoms with Crippen LogP contribution in [0.2, 0.25) is 0 Å². The van der Waals surface area contributed by atoms with Crippen LogP contribution in [0.3, 0.4) is 0 Å². The van der Waals surface area contributed by atoms with Gasteiger partial charge in [-0.25, -0.2) is 4.39 Å². The SMILES string of the molecule is C=CCN(CC=C)c1cc(CNCCCOC)ccc1F. The molecule has 0 aromatic heterocycles. The first-order valence-electron chi connectivity index (χ1n) is 7.17.